The van der Waals surface area contributed by atoms with Gasteiger partial charge in [0.25, 0.3) is 0 Å². The van der Waals surface area contributed by atoms with E-state index in [1.54, 1.807) is 13.2 Å². The lowest BCUT2D eigenvalue weighted by molar-refractivity contribution is 0.199. The van der Waals surface area contributed by atoms with E-state index in [2.05, 4.69) is 0 Å². The molecule has 0 aliphatic rings. The molecule has 0 aromatic heterocycles. The Bertz CT molecular complexity index is 488. The summed E-state index contributed by atoms with van der Waals surface area (Å²) in [5, 5.41) is 0. The van der Waals surface area contributed by atoms with E-state index < -0.39 is 10.0 Å². The fourth-order valence-corrected chi connectivity index (χ4v) is 3.26. The van der Waals surface area contributed by atoms with Gasteiger partial charge in [-0.2, -0.15) is 4.31 Å². The largest absolute Gasteiger partial charge is 0.398 e. The van der Waals surface area contributed by atoms with E-state index in [1.165, 1.54) is 4.31 Å². The molecule has 0 heterocycles. The van der Waals surface area contributed by atoms with E-state index in [9.17, 15) is 8.42 Å². The fourth-order valence-electron chi connectivity index (χ4n) is 1.79. The summed E-state index contributed by atoms with van der Waals surface area (Å²) in [4.78, 5) is 0. The lowest BCUT2D eigenvalue weighted by Gasteiger charge is -2.21. The van der Waals surface area contributed by atoms with Gasteiger partial charge in [-0.25, -0.2) is 8.42 Å². The number of nitrogen functional groups attached to an aromatic ring is 1. The first-order valence-corrected chi connectivity index (χ1v) is 7.92. The first-order chi connectivity index (χ1) is 9.01. The molecule has 0 saturated heterocycles. The van der Waals surface area contributed by atoms with Gasteiger partial charge in [-0.1, -0.05) is 25.1 Å². The minimum absolute atomic E-state index is 0.0986. The molecule has 0 spiro atoms. The highest BCUT2D eigenvalue weighted by Gasteiger charge is 2.20. The number of anilines is 1. The van der Waals surface area contributed by atoms with Crippen LogP contribution < -0.4 is 5.73 Å². The summed E-state index contributed by atoms with van der Waals surface area (Å²) in [6.07, 6.45) is 0.500. The van der Waals surface area contributed by atoms with E-state index in [4.69, 9.17) is 10.5 Å². The molecule has 0 unspecified atom stereocenters. The molecule has 0 aliphatic carbocycles. The number of nitrogens with zero attached hydrogens (tertiary/aromatic N) is 1. The zero-order chi connectivity index (χ0) is 14.3. The van der Waals surface area contributed by atoms with Crippen molar-refractivity contribution in [2.45, 2.75) is 19.9 Å². The second kappa shape index (κ2) is 7.47. The van der Waals surface area contributed by atoms with Gasteiger partial charge in [-0.05, 0) is 18.1 Å². The average molecular weight is 286 g/mol. The molecule has 0 fully saturated rings. The molecule has 0 radical (unpaired) electrons. The molecule has 0 aliphatic heterocycles. The molecule has 19 heavy (non-hydrogen) atoms. The van der Waals surface area contributed by atoms with Gasteiger partial charge in [0.1, 0.15) is 0 Å². The van der Waals surface area contributed by atoms with Crippen LogP contribution in [0.4, 0.5) is 5.69 Å². The number of benzene rings is 1. The van der Waals surface area contributed by atoms with Crippen LogP contribution in [0.3, 0.4) is 0 Å². The van der Waals surface area contributed by atoms with Gasteiger partial charge in [0.05, 0.1) is 5.75 Å². The summed E-state index contributed by atoms with van der Waals surface area (Å²) >= 11 is 0. The van der Waals surface area contributed by atoms with Crippen molar-refractivity contribution in [1.82, 2.24) is 4.31 Å². The third-order valence-electron chi connectivity index (χ3n) is 2.90. The molecule has 0 saturated carbocycles. The zero-order valence-electron chi connectivity index (χ0n) is 11.5. The first kappa shape index (κ1) is 15.9. The minimum Gasteiger partial charge on any atom is -0.398 e. The van der Waals surface area contributed by atoms with Crippen LogP contribution in [0.5, 0.6) is 0 Å². The van der Waals surface area contributed by atoms with Crippen LogP contribution in [0.2, 0.25) is 0 Å². The minimum atomic E-state index is -3.26. The molecule has 0 atom stereocenters. The van der Waals surface area contributed by atoms with Crippen LogP contribution in [0.1, 0.15) is 18.9 Å². The van der Waals surface area contributed by atoms with Crippen LogP contribution in [-0.2, 0) is 21.3 Å². The van der Waals surface area contributed by atoms with E-state index in [-0.39, 0.29) is 5.75 Å². The number of nitrogens with two attached hydrogens (primary N) is 1. The Morgan fingerprint density at radius 1 is 1.32 bits per heavy atom. The van der Waals surface area contributed by atoms with Crippen LogP contribution in [0, 0.1) is 0 Å². The zero-order valence-corrected chi connectivity index (χ0v) is 12.3. The predicted octanol–water partition coefficient (Wildman–Crippen LogP) is 1.46. The molecular weight excluding hydrogens is 264 g/mol. The number of hydrogen-bond donors (Lipinski definition) is 1. The fraction of sp³-hybridized carbons (Fsp3) is 0.538. The van der Waals surface area contributed by atoms with Gasteiger partial charge in [0.15, 0.2) is 0 Å². The molecule has 0 bridgehead atoms. The van der Waals surface area contributed by atoms with Gasteiger partial charge < -0.3 is 10.5 Å². The molecule has 1 aromatic carbocycles. The highest BCUT2D eigenvalue weighted by molar-refractivity contribution is 7.89. The predicted molar refractivity (Wildman–Crippen MR) is 77.2 cm³/mol. The lowest BCUT2D eigenvalue weighted by Crippen LogP contribution is -2.33. The molecule has 1 rings (SSSR count). The second-order valence-corrected chi connectivity index (χ2v) is 6.38. The van der Waals surface area contributed by atoms with Crippen LogP contribution >= 0.6 is 0 Å². The summed E-state index contributed by atoms with van der Waals surface area (Å²) in [5.41, 5.74) is 7.30. The Balaban J connectivity index is 2.75. The number of sulfonamides is 1. The average Bonchev–Trinajstić information content (AvgIpc) is 2.37. The van der Waals surface area contributed by atoms with Gasteiger partial charge >= 0.3 is 0 Å². The maximum atomic E-state index is 12.2. The Morgan fingerprint density at radius 2 is 2.00 bits per heavy atom. The summed E-state index contributed by atoms with van der Waals surface area (Å²) in [6, 6.07) is 7.32. The Morgan fingerprint density at radius 3 is 2.58 bits per heavy atom. The maximum absolute atomic E-state index is 12.2. The Kier molecular flexibility index (Phi) is 6.27. The normalized spacial score (nSPS) is 11.9. The summed E-state index contributed by atoms with van der Waals surface area (Å²) in [6.45, 7) is 3.03. The van der Waals surface area contributed by atoms with E-state index in [0.717, 1.165) is 5.56 Å². The van der Waals surface area contributed by atoms with Crippen molar-refractivity contribution in [1.29, 1.82) is 0 Å². The molecule has 2 N–H and O–H groups in total. The van der Waals surface area contributed by atoms with Gasteiger partial charge in [0.2, 0.25) is 10.0 Å². The smallest absolute Gasteiger partial charge is 0.214 e. The molecule has 5 nitrogen and oxygen atoms in total. The summed E-state index contributed by atoms with van der Waals surface area (Å²) in [5.74, 6) is 0.0986. The molecule has 6 heteroatoms. The van der Waals surface area contributed by atoms with Crippen molar-refractivity contribution in [3.05, 3.63) is 29.8 Å². The van der Waals surface area contributed by atoms with Crippen molar-refractivity contribution >= 4 is 15.7 Å². The Labute approximate surface area is 115 Å². The van der Waals surface area contributed by atoms with Crippen molar-refractivity contribution in [3.63, 3.8) is 0 Å². The highest BCUT2D eigenvalue weighted by Crippen LogP contribution is 2.16. The third-order valence-corrected chi connectivity index (χ3v) is 4.88. The van der Waals surface area contributed by atoms with Crippen molar-refractivity contribution in [3.8, 4) is 0 Å². The van der Waals surface area contributed by atoms with E-state index in [1.807, 2.05) is 25.1 Å². The SMILES string of the molecule is CCN(Cc1ccccc1N)S(=O)(=O)CCCOC. The van der Waals surface area contributed by atoms with Crippen molar-refractivity contribution in [2.75, 3.05) is 31.7 Å². The lowest BCUT2D eigenvalue weighted by atomic mass is 10.2. The quantitative estimate of drug-likeness (QED) is 0.580. The third kappa shape index (κ3) is 4.81. The summed E-state index contributed by atoms with van der Waals surface area (Å²) < 4.78 is 30.7. The van der Waals surface area contributed by atoms with Crippen molar-refractivity contribution in [2.24, 2.45) is 0 Å². The molecule has 0 amide bonds. The number of para-hydroxylation sites is 1. The first-order valence-electron chi connectivity index (χ1n) is 6.31. The highest BCUT2D eigenvalue weighted by atomic mass is 32.2. The van der Waals surface area contributed by atoms with Crippen LogP contribution in [-0.4, -0.2) is 38.7 Å². The van der Waals surface area contributed by atoms with E-state index in [0.29, 0.717) is 31.8 Å². The van der Waals surface area contributed by atoms with Gasteiger partial charge in [-0.3, -0.25) is 0 Å². The number of methoxy groups -OCH3 is 1. The van der Waals surface area contributed by atoms with Crippen molar-refractivity contribution < 1.29 is 13.2 Å². The topological polar surface area (TPSA) is 72.6 Å². The van der Waals surface area contributed by atoms with Gasteiger partial charge in [0, 0.05) is 32.5 Å². The Hall–Kier alpha value is -1.11. The van der Waals surface area contributed by atoms with Crippen LogP contribution in [0.15, 0.2) is 24.3 Å². The molecular formula is C13H22N2O3S. The number of hydrogen-bond acceptors (Lipinski definition) is 4. The number of ether oxygens (including phenoxy) is 1. The van der Waals surface area contributed by atoms with Crippen LogP contribution in [0.25, 0.3) is 0 Å². The summed E-state index contributed by atoms with van der Waals surface area (Å²) in [7, 11) is -1.70. The van der Waals surface area contributed by atoms with E-state index >= 15 is 0 Å². The molecule has 1 aromatic rings. The second-order valence-electron chi connectivity index (χ2n) is 4.29. The molecule has 108 valence electrons. The standard InChI is InChI=1S/C13H22N2O3S/c1-3-15(19(16,17)10-6-9-18-2)11-12-7-4-5-8-13(12)14/h4-5,7-8H,3,6,9-11,14H2,1-2H3. The maximum Gasteiger partial charge on any atom is 0.214 e. The van der Waals surface area contributed by atoms with Gasteiger partial charge in [-0.15, -0.1) is 0 Å². The number of rotatable bonds is 8. The monoisotopic (exact) mass is 286 g/mol.